The van der Waals surface area contributed by atoms with Gasteiger partial charge in [0.25, 0.3) is 0 Å². The summed E-state index contributed by atoms with van der Waals surface area (Å²) >= 11 is 0. The first kappa shape index (κ1) is 15.9. The molecule has 1 aromatic heterocycles. The Labute approximate surface area is 148 Å². The van der Waals surface area contributed by atoms with Gasteiger partial charge in [-0.15, -0.1) is 0 Å². The Hall–Kier alpha value is -2.62. The van der Waals surface area contributed by atoms with Gasteiger partial charge < -0.3 is 10.2 Å². The molecule has 0 spiro atoms. The van der Waals surface area contributed by atoms with Crippen molar-refractivity contribution in [1.82, 2.24) is 10.3 Å². The van der Waals surface area contributed by atoms with E-state index in [1.807, 2.05) is 12.1 Å². The maximum Gasteiger partial charge on any atom is 0.244 e. The standard InChI is InChI=1S/C21H23N3O/c25-21(9-8-16-5-4-11-22-13-16)23-12-10-18-19-14-24(15-20(18)19)17-6-2-1-3-7-17/h1-9,11,13,18-20H,10,12,14-15H2,(H,23,25)/b9-8+/t18-,19-,20+. The zero-order chi connectivity index (χ0) is 17.1. The molecule has 4 rings (SSSR count). The van der Waals surface area contributed by atoms with Crippen molar-refractivity contribution in [3.63, 3.8) is 0 Å². The van der Waals surface area contributed by atoms with Crippen molar-refractivity contribution in [3.8, 4) is 0 Å². The van der Waals surface area contributed by atoms with E-state index in [1.54, 1.807) is 24.5 Å². The molecule has 1 amide bonds. The third-order valence-electron chi connectivity index (χ3n) is 5.38. The highest BCUT2D eigenvalue weighted by Gasteiger charge is 2.54. The summed E-state index contributed by atoms with van der Waals surface area (Å²) in [5.74, 6) is 2.37. The summed E-state index contributed by atoms with van der Waals surface area (Å²) in [5.41, 5.74) is 2.28. The van der Waals surface area contributed by atoms with E-state index in [0.29, 0.717) is 0 Å². The maximum absolute atomic E-state index is 11.9. The number of amides is 1. The van der Waals surface area contributed by atoms with E-state index in [-0.39, 0.29) is 5.91 Å². The van der Waals surface area contributed by atoms with E-state index >= 15 is 0 Å². The normalized spacial score (nSPS) is 24.3. The van der Waals surface area contributed by atoms with Crippen LogP contribution in [0, 0.1) is 17.8 Å². The minimum atomic E-state index is -0.0272. The quantitative estimate of drug-likeness (QED) is 0.827. The number of carbonyl (C=O) groups excluding carboxylic acids is 1. The molecule has 2 heterocycles. The van der Waals surface area contributed by atoms with E-state index in [2.05, 4.69) is 45.5 Å². The molecule has 0 unspecified atom stereocenters. The van der Waals surface area contributed by atoms with Gasteiger partial charge in [0.1, 0.15) is 0 Å². The van der Waals surface area contributed by atoms with Gasteiger partial charge in [-0.2, -0.15) is 0 Å². The summed E-state index contributed by atoms with van der Waals surface area (Å²) in [6.45, 7) is 3.08. The second kappa shape index (κ2) is 7.09. The Balaban J connectivity index is 1.17. The average Bonchev–Trinajstić information content (AvgIpc) is 3.11. The van der Waals surface area contributed by atoms with Gasteiger partial charge in [-0.25, -0.2) is 0 Å². The van der Waals surface area contributed by atoms with Crippen LogP contribution in [-0.4, -0.2) is 30.5 Å². The molecule has 1 aliphatic carbocycles. The van der Waals surface area contributed by atoms with Crippen molar-refractivity contribution < 1.29 is 4.79 Å². The summed E-state index contributed by atoms with van der Waals surface area (Å²) in [7, 11) is 0. The van der Waals surface area contributed by atoms with Crippen LogP contribution in [0.2, 0.25) is 0 Å². The number of fused-ring (bicyclic) bond motifs is 1. The highest BCUT2D eigenvalue weighted by Crippen LogP contribution is 2.54. The molecule has 25 heavy (non-hydrogen) atoms. The number of piperidine rings is 1. The Bertz CT molecular complexity index is 732. The lowest BCUT2D eigenvalue weighted by molar-refractivity contribution is -0.116. The molecule has 1 aromatic carbocycles. The van der Waals surface area contributed by atoms with Gasteiger partial charge in [-0.1, -0.05) is 24.3 Å². The van der Waals surface area contributed by atoms with Crippen LogP contribution in [-0.2, 0) is 4.79 Å². The Morgan fingerprint density at radius 1 is 1.16 bits per heavy atom. The van der Waals surface area contributed by atoms with Crippen molar-refractivity contribution in [2.45, 2.75) is 6.42 Å². The smallest absolute Gasteiger partial charge is 0.244 e. The van der Waals surface area contributed by atoms with Crippen molar-refractivity contribution in [3.05, 3.63) is 66.5 Å². The number of aromatic nitrogens is 1. The number of nitrogens with one attached hydrogen (secondary N) is 1. The van der Waals surface area contributed by atoms with E-state index in [9.17, 15) is 4.79 Å². The molecule has 0 bridgehead atoms. The highest BCUT2D eigenvalue weighted by molar-refractivity contribution is 5.91. The Morgan fingerprint density at radius 2 is 1.96 bits per heavy atom. The molecule has 1 aliphatic heterocycles. The topological polar surface area (TPSA) is 45.2 Å². The van der Waals surface area contributed by atoms with Crippen LogP contribution in [0.4, 0.5) is 5.69 Å². The van der Waals surface area contributed by atoms with Crippen LogP contribution in [0.3, 0.4) is 0 Å². The van der Waals surface area contributed by atoms with Gasteiger partial charge in [0.05, 0.1) is 0 Å². The first-order valence-electron chi connectivity index (χ1n) is 8.97. The minimum absolute atomic E-state index is 0.0272. The summed E-state index contributed by atoms with van der Waals surface area (Å²) in [6, 6.07) is 14.4. The average molecular weight is 333 g/mol. The molecule has 1 N–H and O–H groups in total. The van der Waals surface area contributed by atoms with Gasteiger partial charge >= 0.3 is 0 Å². The van der Waals surface area contributed by atoms with Gasteiger partial charge in [-0.3, -0.25) is 9.78 Å². The fourth-order valence-electron chi connectivity index (χ4n) is 3.99. The Kier molecular flexibility index (Phi) is 4.51. The fourth-order valence-corrected chi connectivity index (χ4v) is 3.99. The van der Waals surface area contributed by atoms with Crippen LogP contribution in [0.1, 0.15) is 12.0 Å². The molecule has 0 radical (unpaired) electrons. The molecule has 1 saturated carbocycles. The molecule has 4 nitrogen and oxygen atoms in total. The summed E-state index contributed by atoms with van der Waals surface area (Å²) < 4.78 is 0. The van der Waals surface area contributed by atoms with Crippen molar-refractivity contribution in [2.75, 3.05) is 24.5 Å². The molecule has 3 atom stereocenters. The molecule has 2 aromatic rings. The van der Waals surface area contributed by atoms with Crippen LogP contribution in [0.25, 0.3) is 6.08 Å². The molecule has 128 valence electrons. The van der Waals surface area contributed by atoms with Crippen LogP contribution in [0.15, 0.2) is 60.9 Å². The predicted octanol–water partition coefficient (Wildman–Crippen LogP) is 2.98. The van der Waals surface area contributed by atoms with Crippen molar-refractivity contribution >= 4 is 17.7 Å². The van der Waals surface area contributed by atoms with Gasteiger partial charge in [0.2, 0.25) is 5.91 Å². The van der Waals surface area contributed by atoms with Crippen LogP contribution >= 0.6 is 0 Å². The van der Waals surface area contributed by atoms with Crippen LogP contribution < -0.4 is 10.2 Å². The first-order valence-corrected chi connectivity index (χ1v) is 8.97. The zero-order valence-corrected chi connectivity index (χ0v) is 14.2. The second-order valence-electron chi connectivity index (χ2n) is 6.93. The fraction of sp³-hybridized carbons (Fsp3) is 0.333. The third-order valence-corrected chi connectivity index (χ3v) is 5.38. The number of pyridine rings is 1. The molecular formula is C21H23N3O. The highest BCUT2D eigenvalue weighted by atomic mass is 16.1. The molecular weight excluding hydrogens is 310 g/mol. The maximum atomic E-state index is 11.9. The van der Waals surface area contributed by atoms with E-state index in [1.165, 1.54) is 5.69 Å². The number of rotatable bonds is 6. The van der Waals surface area contributed by atoms with E-state index in [0.717, 1.165) is 49.4 Å². The minimum Gasteiger partial charge on any atom is -0.371 e. The molecule has 2 aliphatic rings. The van der Waals surface area contributed by atoms with E-state index < -0.39 is 0 Å². The lowest BCUT2D eigenvalue weighted by atomic mass is 10.2. The number of anilines is 1. The van der Waals surface area contributed by atoms with Crippen molar-refractivity contribution in [2.24, 2.45) is 17.8 Å². The first-order chi connectivity index (χ1) is 12.3. The summed E-state index contributed by atoms with van der Waals surface area (Å²) in [4.78, 5) is 18.4. The molecule has 4 heteroatoms. The lowest BCUT2D eigenvalue weighted by Gasteiger charge is -2.21. The number of benzene rings is 1. The summed E-state index contributed by atoms with van der Waals surface area (Å²) in [5, 5.41) is 3.00. The Morgan fingerprint density at radius 3 is 2.68 bits per heavy atom. The largest absolute Gasteiger partial charge is 0.371 e. The number of hydrogen-bond donors (Lipinski definition) is 1. The number of hydrogen-bond acceptors (Lipinski definition) is 3. The molecule has 1 saturated heterocycles. The second-order valence-corrected chi connectivity index (χ2v) is 6.93. The van der Waals surface area contributed by atoms with E-state index in [4.69, 9.17) is 0 Å². The molecule has 2 fully saturated rings. The predicted molar refractivity (Wildman–Crippen MR) is 100 cm³/mol. The van der Waals surface area contributed by atoms with Crippen molar-refractivity contribution in [1.29, 1.82) is 0 Å². The number of nitrogens with zero attached hydrogens (tertiary/aromatic N) is 2. The van der Waals surface area contributed by atoms with Crippen LogP contribution in [0.5, 0.6) is 0 Å². The SMILES string of the molecule is O=C(/C=C/c1cccnc1)NCC[C@@H]1[C@H]2CN(c3ccccc3)C[C@@H]12. The summed E-state index contributed by atoms with van der Waals surface area (Å²) in [6.07, 6.45) is 7.94. The van der Waals surface area contributed by atoms with Gasteiger partial charge in [-0.05, 0) is 54.0 Å². The lowest BCUT2D eigenvalue weighted by Crippen LogP contribution is -2.26. The van der Waals surface area contributed by atoms with Gasteiger partial charge in [0, 0.05) is 43.8 Å². The van der Waals surface area contributed by atoms with Gasteiger partial charge in [0.15, 0.2) is 0 Å². The zero-order valence-electron chi connectivity index (χ0n) is 14.2. The third kappa shape index (κ3) is 3.73. The monoisotopic (exact) mass is 333 g/mol. The number of para-hydroxylation sites is 1. The number of carbonyl (C=O) groups is 1.